The molecule has 0 saturated carbocycles. The van der Waals surface area contributed by atoms with Crippen LogP contribution in [0.1, 0.15) is 16.7 Å². The van der Waals surface area contributed by atoms with Gasteiger partial charge in [-0.3, -0.25) is 0 Å². The Kier molecular flexibility index (Phi) is 6.30. The molecule has 0 radical (unpaired) electrons. The lowest BCUT2D eigenvalue weighted by atomic mass is 9.94. The first-order valence-corrected chi connectivity index (χ1v) is 12.2. The van der Waals surface area contributed by atoms with Crippen molar-refractivity contribution in [1.29, 1.82) is 0 Å². The van der Waals surface area contributed by atoms with Gasteiger partial charge in [0.15, 0.2) is 0 Å². The summed E-state index contributed by atoms with van der Waals surface area (Å²) in [6, 6.07) is 18.9. The average Bonchev–Trinajstić information content (AvgIpc) is 3.28. The van der Waals surface area contributed by atoms with Crippen molar-refractivity contribution in [2.45, 2.75) is 25.3 Å². The first-order chi connectivity index (χ1) is 15.3. The normalized spacial score (nSPS) is 11.3. The van der Waals surface area contributed by atoms with E-state index < -0.39 is 10.1 Å². The Balaban J connectivity index is 1.56. The predicted molar refractivity (Wildman–Crippen MR) is 124 cm³/mol. The Bertz CT molecular complexity index is 1320. The quantitative estimate of drug-likeness (QED) is 0.290. The molecule has 3 aromatic carbocycles. The minimum atomic E-state index is -3.86. The Hall–Kier alpha value is -3.16. The van der Waals surface area contributed by atoms with E-state index in [-0.39, 0.29) is 16.5 Å². The lowest BCUT2D eigenvalue weighted by molar-refractivity contribution is 0.304. The number of thiophene rings is 1. The molecular weight excluding hydrogens is 447 g/mol. The van der Waals surface area contributed by atoms with Crippen molar-refractivity contribution in [3.63, 3.8) is 0 Å². The molecule has 0 aliphatic heterocycles. The fraction of sp³-hybridized carbons (Fsp3) is 0.120. The zero-order valence-corrected chi connectivity index (χ0v) is 19.2. The molecule has 0 unspecified atom stereocenters. The zero-order chi connectivity index (χ0) is 22.7. The Morgan fingerprint density at radius 2 is 1.66 bits per heavy atom. The van der Waals surface area contributed by atoms with E-state index in [2.05, 4.69) is 0 Å². The van der Waals surface area contributed by atoms with E-state index >= 15 is 0 Å². The van der Waals surface area contributed by atoms with Crippen molar-refractivity contribution >= 4 is 21.5 Å². The van der Waals surface area contributed by atoms with Crippen LogP contribution in [-0.2, 0) is 16.7 Å². The van der Waals surface area contributed by atoms with Crippen LogP contribution in [0.25, 0.3) is 11.1 Å². The van der Waals surface area contributed by atoms with Crippen LogP contribution in [0, 0.1) is 19.7 Å². The molecule has 4 aromatic rings. The maximum atomic E-state index is 13.4. The van der Waals surface area contributed by atoms with Gasteiger partial charge in [0, 0.05) is 11.4 Å². The van der Waals surface area contributed by atoms with E-state index in [4.69, 9.17) is 8.92 Å². The monoisotopic (exact) mass is 468 g/mol. The van der Waals surface area contributed by atoms with Gasteiger partial charge < -0.3 is 8.92 Å². The van der Waals surface area contributed by atoms with Crippen molar-refractivity contribution in [3.05, 3.63) is 100.0 Å². The molecule has 0 aliphatic carbocycles. The van der Waals surface area contributed by atoms with E-state index in [1.165, 1.54) is 29.5 Å². The SMILES string of the molecule is Cc1cc(OS(=O)(=O)c2ccsc2)cc(C)c1-c1cccc(COc2cccc(F)c2)c1. The fourth-order valence-corrected chi connectivity index (χ4v) is 5.46. The highest BCUT2D eigenvalue weighted by Gasteiger charge is 2.18. The van der Waals surface area contributed by atoms with Crippen molar-refractivity contribution in [2.24, 2.45) is 0 Å². The largest absolute Gasteiger partial charge is 0.489 e. The number of hydrogen-bond donors (Lipinski definition) is 0. The molecule has 0 saturated heterocycles. The smallest absolute Gasteiger partial charge is 0.340 e. The Morgan fingerprint density at radius 1 is 0.906 bits per heavy atom. The summed E-state index contributed by atoms with van der Waals surface area (Å²) in [5.41, 5.74) is 4.70. The molecule has 7 heteroatoms. The molecule has 0 amide bonds. The van der Waals surface area contributed by atoms with Crippen LogP contribution < -0.4 is 8.92 Å². The molecule has 32 heavy (non-hydrogen) atoms. The number of benzene rings is 3. The highest BCUT2D eigenvalue weighted by molar-refractivity contribution is 7.87. The second-order valence-electron chi connectivity index (χ2n) is 7.38. The highest BCUT2D eigenvalue weighted by Crippen LogP contribution is 2.33. The van der Waals surface area contributed by atoms with Gasteiger partial charge in [-0.25, -0.2) is 4.39 Å². The molecule has 0 N–H and O–H groups in total. The summed E-state index contributed by atoms with van der Waals surface area (Å²) in [7, 11) is -3.86. The van der Waals surface area contributed by atoms with Crippen molar-refractivity contribution in [3.8, 4) is 22.6 Å². The second-order valence-corrected chi connectivity index (χ2v) is 9.70. The molecule has 0 atom stereocenters. The molecule has 4 nitrogen and oxygen atoms in total. The van der Waals surface area contributed by atoms with Crippen LogP contribution in [0.3, 0.4) is 0 Å². The molecule has 0 spiro atoms. The third kappa shape index (κ3) is 5.00. The maximum absolute atomic E-state index is 13.4. The van der Waals surface area contributed by atoms with Gasteiger partial charge in [0.2, 0.25) is 0 Å². The molecular formula is C25H21FO4S2. The molecule has 0 fully saturated rings. The van der Waals surface area contributed by atoms with Crippen LogP contribution in [0.15, 0.2) is 82.4 Å². The van der Waals surface area contributed by atoms with Crippen LogP contribution in [0.4, 0.5) is 4.39 Å². The number of ether oxygens (including phenoxy) is 1. The highest BCUT2D eigenvalue weighted by atomic mass is 32.2. The van der Waals surface area contributed by atoms with Gasteiger partial charge in [0.1, 0.15) is 28.8 Å². The second kappa shape index (κ2) is 9.14. The van der Waals surface area contributed by atoms with Gasteiger partial charge >= 0.3 is 10.1 Å². The summed E-state index contributed by atoms with van der Waals surface area (Å²) >= 11 is 1.30. The fourth-order valence-electron chi connectivity index (χ4n) is 3.54. The maximum Gasteiger partial charge on any atom is 0.340 e. The van der Waals surface area contributed by atoms with Gasteiger partial charge in [-0.15, -0.1) is 0 Å². The zero-order valence-electron chi connectivity index (χ0n) is 17.5. The van der Waals surface area contributed by atoms with Crippen LogP contribution >= 0.6 is 11.3 Å². The minimum absolute atomic E-state index is 0.146. The van der Waals surface area contributed by atoms with Crippen LogP contribution in [0.2, 0.25) is 0 Å². The van der Waals surface area contributed by atoms with Crippen LogP contribution in [-0.4, -0.2) is 8.42 Å². The third-order valence-electron chi connectivity index (χ3n) is 4.91. The standard InChI is InChI=1S/C25H21FO4S2/c1-17-11-23(30-32(27,28)24-9-10-31-16-24)12-18(2)25(17)20-6-3-5-19(13-20)15-29-22-8-4-7-21(26)14-22/h3-14,16H,15H2,1-2H3. The van der Waals surface area contributed by atoms with Gasteiger partial charge in [0.25, 0.3) is 0 Å². The van der Waals surface area contributed by atoms with Gasteiger partial charge in [-0.1, -0.05) is 24.3 Å². The first kappa shape index (κ1) is 22.0. The number of aryl methyl sites for hydroxylation is 2. The Labute approximate surface area is 191 Å². The molecule has 4 rings (SSSR count). The molecule has 164 valence electrons. The number of hydrogen-bond acceptors (Lipinski definition) is 5. The summed E-state index contributed by atoms with van der Waals surface area (Å²) < 4.78 is 49.3. The molecule has 1 aromatic heterocycles. The number of halogens is 1. The van der Waals surface area contributed by atoms with Gasteiger partial charge in [-0.2, -0.15) is 19.8 Å². The predicted octanol–water partition coefficient (Wildman–Crippen LogP) is 6.52. The van der Waals surface area contributed by atoms with E-state index in [1.807, 2.05) is 38.1 Å². The van der Waals surface area contributed by atoms with E-state index in [1.54, 1.807) is 35.0 Å². The van der Waals surface area contributed by atoms with Crippen molar-refractivity contribution < 1.29 is 21.7 Å². The third-order valence-corrected chi connectivity index (χ3v) is 6.99. The number of rotatable bonds is 7. The van der Waals surface area contributed by atoms with E-state index in [9.17, 15) is 12.8 Å². The molecule has 1 heterocycles. The lowest BCUT2D eigenvalue weighted by Gasteiger charge is -2.15. The topological polar surface area (TPSA) is 52.6 Å². The van der Waals surface area contributed by atoms with E-state index in [0.717, 1.165) is 27.8 Å². The summed E-state index contributed by atoms with van der Waals surface area (Å²) in [6.07, 6.45) is 0. The summed E-state index contributed by atoms with van der Waals surface area (Å²) in [5.74, 6) is 0.405. The lowest BCUT2D eigenvalue weighted by Crippen LogP contribution is -2.09. The first-order valence-electron chi connectivity index (χ1n) is 9.87. The van der Waals surface area contributed by atoms with Crippen molar-refractivity contribution in [2.75, 3.05) is 0 Å². The average molecular weight is 469 g/mol. The Morgan fingerprint density at radius 3 is 2.34 bits per heavy atom. The summed E-state index contributed by atoms with van der Waals surface area (Å²) in [5, 5.41) is 3.24. The van der Waals surface area contributed by atoms with Gasteiger partial charge in [-0.05, 0) is 83.4 Å². The van der Waals surface area contributed by atoms with Crippen LogP contribution in [0.5, 0.6) is 11.5 Å². The van der Waals surface area contributed by atoms with Gasteiger partial charge in [0.05, 0.1) is 0 Å². The summed E-state index contributed by atoms with van der Waals surface area (Å²) in [4.78, 5) is 0.146. The molecule has 0 bridgehead atoms. The minimum Gasteiger partial charge on any atom is -0.489 e. The van der Waals surface area contributed by atoms with E-state index in [0.29, 0.717) is 12.4 Å². The summed E-state index contributed by atoms with van der Waals surface area (Å²) in [6.45, 7) is 4.14. The molecule has 0 aliphatic rings. The van der Waals surface area contributed by atoms with Crippen molar-refractivity contribution in [1.82, 2.24) is 0 Å².